The molecule has 4 nitrogen and oxygen atoms in total. The molecule has 1 aliphatic heterocycles. The topological polar surface area (TPSA) is 82.8 Å². The minimum absolute atomic E-state index is 0.0425. The fourth-order valence-corrected chi connectivity index (χ4v) is 2.77. The Balaban J connectivity index is 2.22. The van der Waals surface area contributed by atoms with Gasteiger partial charge in [-0.3, -0.25) is 0 Å². The fourth-order valence-electron chi connectivity index (χ4n) is 2.77. The van der Waals surface area contributed by atoms with Gasteiger partial charge in [-0.25, -0.2) is 0 Å². The number of ether oxygens (including phenoxy) is 1. The Labute approximate surface area is 140 Å². The van der Waals surface area contributed by atoms with E-state index in [1.54, 1.807) is 0 Å². The van der Waals surface area contributed by atoms with Gasteiger partial charge < -0.3 is 10.5 Å². The zero-order valence-electron chi connectivity index (χ0n) is 13.2. The second kappa shape index (κ2) is 6.32. The highest BCUT2D eigenvalue weighted by molar-refractivity contribution is 5.73. The maximum absolute atomic E-state index is 9.75. The lowest BCUT2D eigenvalue weighted by molar-refractivity contribution is 0.357. The Morgan fingerprint density at radius 1 is 0.917 bits per heavy atom. The first-order valence-corrected chi connectivity index (χ1v) is 7.49. The van der Waals surface area contributed by atoms with Gasteiger partial charge in [0.05, 0.1) is 17.6 Å². The normalized spacial score (nSPS) is 17.0. The van der Waals surface area contributed by atoms with E-state index >= 15 is 0 Å². The largest absolute Gasteiger partial charge is 0.439 e. The van der Waals surface area contributed by atoms with Crippen LogP contribution in [0.15, 0.2) is 71.6 Å². The first kappa shape index (κ1) is 15.4. The van der Waals surface area contributed by atoms with E-state index in [1.807, 2.05) is 61.5 Å². The Morgan fingerprint density at radius 3 is 2.12 bits per heavy atom. The second-order valence-corrected chi connectivity index (χ2v) is 5.56. The maximum Gasteiger partial charge on any atom is 0.205 e. The molecule has 0 aliphatic carbocycles. The molecule has 1 unspecified atom stereocenters. The second-order valence-electron chi connectivity index (χ2n) is 5.56. The van der Waals surface area contributed by atoms with Crippen molar-refractivity contribution in [1.82, 2.24) is 0 Å². The van der Waals surface area contributed by atoms with Crippen LogP contribution >= 0.6 is 0 Å². The first-order valence-electron chi connectivity index (χ1n) is 7.49. The van der Waals surface area contributed by atoms with E-state index in [-0.39, 0.29) is 11.5 Å². The summed E-state index contributed by atoms with van der Waals surface area (Å²) in [5, 5.41) is 19.2. The van der Waals surface area contributed by atoms with Crippen LogP contribution < -0.4 is 5.73 Å². The Bertz CT molecular complexity index is 910. The molecule has 1 aliphatic rings. The van der Waals surface area contributed by atoms with E-state index in [0.29, 0.717) is 11.3 Å². The van der Waals surface area contributed by atoms with Crippen molar-refractivity contribution in [3.05, 3.63) is 88.3 Å². The fraction of sp³-hybridized carbons (Fsp3) is 0.100. The Kier molecular flexibility index (Phi) is 4.05. The minimum atomic E-state index is -0.522. The van der Waals surface area contributed by atoms with Gasteiger partial charge >= 0.3 is 0 Å². The third kappa shape index (κ3) is 2.62. The van der Waals surface area contributed by atoms with E-state index in [4.69, 9.17) is 10.5 Å². The zero-order valence-corrected chi connectivity index (χ0v) is 13.2. The lowest BCUT2D eigenvalue weighted by Crippen LogP contribution is -2.20. The van der Waals surface area contributed by atoms with Crippen molar-refractivity contribution in [2.24, 2.45) is 5.73 Å². The number of nitriles is 2. The number of nitrogens with zero attached hydrogens (tertiary/aromatic N) is 2. The molecular weight excluding hydrogens is 298 g/mol. The van der Waals surface area contributed by atoms with Crippen molar-refractivity contribution in [3.63, 3.8) is 0 Å². The molecule has 2 aromatic carbocycles. The van der Waals surface area contributed by atoms with Crippen LogP contribution in [0, 0.1) is 29.6 Å². The molecule has 0 aromatic heterocycles. The number of allylic oxidation sites excluding steroid dienone is 2. The zero-order chi connectivity index (χ0) is 17.1. The standard InChI is InChI=1S/C20H15N3O/c1-13-7-9-15(10-8-13)19-16(11-21)18(14-5-3-2-4-6-14)17(12-22)20(23)24-19/h2-10,18H,23H2,1H3. The van der Waals surface area contributed by atoms with Crippen molar-refractivity contribution in [2.75, 3.05) is 0 Å². The van der Waals surface area contributed by atoms with Gasteiger partial charge in [0, 0.05) is 5.56 Å². The highest BCUT2D eigenvalue weighted by atomic mass is 16.5. The lowest BCUT2D eigenvalue weighted by Gasteiger charge is -2.26. The summed E-state index contributed by atoms with van der Waals surface area (Å²) in [7, 11) is 0. The summed E-state index contributed by atoms with van der Waals surface area (Å²) < 4.78 is 5.66. The maximum atomic E-state index is 9.75. The van der Waals surface area contributed by atoms with Crippen LogP contribution in [0.25, 0.3) is 5.76 Å². The number of benzene rings is 2. The Morgan fingerprint density at radius 2 is 1.54 bits per heavy atom. The quantitative estimate of drug-likeness (QED) is 0.915. The van der Waals surface area contributed by atoms with Gasteiger partial charge in [-0.15, -0.1) is 0 Å². The van der Waals surface area contributed by atoms with Crippen molar-refractivity contribution < 1.29 is 4.74 Å². The predicted octanol–water partition coefficient (Wildman–Crippen LogP) is 3.74. The van der Waals surface area contributed by atoms with Gasteiger partial charge in [0.15, 0.2) is 5.76 Å². The van der Waals surface area contributed by atoms with Crippen LogP contribution in [0.5, 0.6) is 0 Å². The average molecular weight is 313 g/mol. The SMILES string of the molecule is Cc1ccc(C2=C(C#N)C(c3ccccc3)C(C#N)=C(N)O2)cc1. The molecule has 0 spiro atoms. The van der Waals surface area contributed by atoms with Crippen molar-refractivity contribution in [2.45, 2.75) is 12.8 Å². The summed E-state index contributed by atoms with van der Waals surface area (Å²) in [6.45, 7) is 1.99. The van der Waals surface area contributed by atoms with Gasteiger partial charge in [0.25, 0.3) is 0 Å². The van der Waals surface area contributed by atoms with E-state index < -0.39 is 5.92 Å². The predicted molar refractivity (Wildman–Crippen MR) is 90.8 cm³/mol. The van der Waals surface area contributed by atoms with Gasteiger partial charge in [0.1, 0.15) is 11.6 Å². The monoisotopic (exact) mass is 313 g/mol. The molecule has 1 heterocycles. The van der Waals surface area contributed by atoms with Crippen molar-refractivity contribution >= 4 is 5.76 Å². The van der Waals surface area contributed by atoms with Gasteiger partial charge in [0.2, 0.25) is 5.88 Å². The molecule has 0 saturated heterocycles. The third-order valence-corrected chi connectivity index (χ3v) is 3.99. The first-order chi connectivity index (χ1) is 11.7. The average Bonchev–Trinajstić information content (AvgIpc) is 2.62. The smallest absolute Gasteiger partial charge is 0.205 e. The summed E-state index contributed by atoms with van der Waals surface area (Å²) in [6.07, 6.45) is 0. The van der Waals surface area contributed by atoms with Gasteiger partial charge in [-0.1, -0.05) is 60.2 Å². The molecule has 24 heavy (non-hydrogen) atoms. The molecule has 0 fully saturated rings. The van der Waals surface area contributed by atoms with Crippen molar-refractivity contribution in [3.8, 4) is 12.1 Å². The highest BCUT2D eigenvalue weighted by Gasteiger charge is 2.33. The third-order valence-electron chi connectivity index (χ3n) is 3.99. The lowest BCUT2D eigenvalue weighted by atomic mass is 9.82. The van der Waals surface area contributed by atoms with Gasteiger partial charge in [-0.2, -0.15) is 10.5 Å². The van der Waals surface area contributed by atoms with Crippen LogP contribution in [-0.4, -0.2) is 0 Å². The molecular formula is C20H15N3O. The summed E-state index contributed by atoms with van der Waals surface area (Å²) >= 11 is 0. The molecule has 0 amide bonds. The number of hydrogen-bond acceptors (Lipinski definition) is 4. The van der Waals surface area contributed by atoms with Crippen molar-refractivity contribution in [1.29, 1.82) is 10.5 Å². The molecule has 0 radical (unpaired) electrons. The van der Waals surface area contributed by atoms with E-state index in [0.717, 1.165) is 16.7 Å². The van der Waals surface area contributed by atoms with E-state index in [9.17, 15) is 10.5 Å². The molecule has 116 valence electrons. The molecule has 4 heteroatoms. The molecule has 0 saturated carbocycles. The summed E-state index contributed by atoms with van der Waals surface area (Å²) in [4.78, 5) is 0. The van der Waals surface area contributed by atoms with Crippen LogP contribution in [-0.2, 0) is 4.74 Å². The minimum Gasteiger partial charge on any atom is -0.439 e. The number of aryl methyl sites for hydroxylation is 1. The summed E-state index contributed by atoms with van der Waals surface area (Å²) in [5.74, 6) is -0.0740. The van der Waals surface area contributed by atoms with Gasteiger partial charge in [-0.05, 0) is 12.5 Å². The highest BCUT2D eigenvalue weighted by Crippen LogP contribution is 2.41. The van der Waals surface area contributed by atoms with Crippen LogP contribution in [0.1, 0.15) is 22.6 Å². The molecule has 2 aromatic rings. The van der Waals surface area contributed by atoms with Crippen LogP contribution in [0.2, 0.25) is 0 Å². The molecule has 0 bridgehead atoms. The number of rotatable bonds is 2. The van der Waals surface area contributed by atoms with Crippen LogP contribution in [0.3, 0.4) is 0 Å². The number of hydrogen-bond donors (Lipinski definition) is 1. The Hall–Kier alpha value is -3.50. The molecule has 1 atom stereocenters. The summed E-state index contributed by atoms with van der Waals surface area (Å²) in [5.41, 5.74) is 9.33. The molecule has 3 rings (SSSR count). The van der Waals surface area contributed by atoms with E-state index in [1.165, 1.54) is 0 Å². The van der Waals surface area contributed by atoms with Crippen LogP contribution in [0.4, 0.5) is 0 Å². The van der Waals surface area contributed by atoms with E-state index in [2.05, 4.69) is 12.1 Å². The number of nitrogens with two attached hydrogens (primary N) is 1. The summed E-state index contributed by atoms with van der Waals surface area (Å²) in [6, 6.07) is 21.3. The molecule has 2 N–H and O–H groups in total.